The van der Waals surface area contributed by atoms with Crippen LogP contribution in [0.5, 0.6) is 0 Å². The quantitative estimate of drug-likeness (QED) is 0.485. The highest BCUT2D eigenvalue weighted by Crippen LogP contribution is 2.70. The van der Waals surface area contributed by atoms with Gasteiger partial charge in [0.05, 0.1) is 11.7 Å². The van der Waals surface area contributed by atoms with Gasteiger partial charge in [-0.2, -0.15) is 0 Å². The van der Waals surface area contributed by atoms with Gasteiger partial charge in [0.1, 0.15) is 5.60 Å². The van der Waals surface area contributed by atoms with Crippen LogP contribution in [0.1, 0.15) is 56.8 Å². The van der Waals surface area contributed by atoms with Crippen LogP contribution in [0.4, 0.5) is 4.39 Å². The molecule has 0 amide bonds. The number of carbonyl (C=O) groups is 3. The van der Waals surface area contributed by atoms with Gasteiger partial charge in [-0.25, -0.2) is 9.18 Å². The van der Waals surface area contributed by atoms with Gasteiger partial charge in [0.2, 0.25) is 5.78 Å². The van der Waals surface area contributed by atoms with Gasteiger partial charge in [-0.15, -0.1) is 0 Å². The third kappa shape index (κ3) is 3.10. The number of ketones is 2. The molecule has 0 aliphatic heterocycles. The van der Waals surface area contributed by atoms with E-state index >= 15 is 4.39 Å². The molecular formula is C28H32FNO6. The van der Waals surface area contributed by atoms with Gasteiger partial charge in [-0.1, -0.05) is 31.6 Å². The number of Topliss-reactive ketones (excluding diaryl/α,β-unsaturated/α-hetero) is 1. The summed E-state index contributed by atoms with van der Waals surface area (Å²) in [5.41, 5.74) is -5.29. The number of allylic oxidation sites excluding steroid dienone is 4. The Morgan fingerprint density at radius 1 is 1.22 bits per heavy atom. The number of halogens is 1. The van der Waals surface area contributed by atoms with Gasteiger partial charge < -0.3 is 14.9 Å². The summed E-state index contributed by atoms with van der Waals surface area (Å²) >= 11 is 0. The molecule has 36 heavy (non-hydrogen) atoms. The molecule has 0 bridgehead atoms. The highest BCUT2D eigenvalue weighted by Gasteiger charge is 2.75. The van der Waals surface area contributed by atoms with E-state index in [0.29, 0.717) is 18.4 Å². The fourth-order valence-corrected chi connectivity index (χ4v) is 7.86. The standard InChI is InChI=1S/C28H32FNO6/c1-16-12-21-20-5-4-18-13-19(31)6-9-25(18,2)27(20,29)22(32)14-26(21,3)28(16,35)23(33)15-36-24(34)17-7-10-30-11-8-17/h4,6-11,16,20-22,32,35H,5,12-15H2,1-3H3/t16-,20?,21?,22+,25+,26+,27+,28+/m1/s1. The molecule has 4 aliphatic carbocycles. The first-order chi connectivity index (χ1) is 16.9. The van der Waals surface area contributed by atoms with Crippen LogP contribution in [0, 0.1) is 28.6 Å². The summed E-state index contributed by atoms with van der Waals surface area (Å²) in [6.07, 6.45) is 7.00. The van der Waals surface area contributed by atoms with Crippen molar-refractivity contribution in [2.24, 2.45) is 28.6 Å². The SMILES string of the molecule is C[C@@H]1CC2C3CC=C4CC(=O)C=C[C@]4(C)[C@@]3(F)[C@@H](O)C[C@]2(C)[C@@]1(O)C(=O)COC(=O)c1ccncc1. The molecule has 0 spiro atoms. The molecule has 2 fully saturated rings. The lowest BCUT2D eigenvalue weighted by Gasteiger charge is -2.62. The Kier molecular flexibility index (Phi) is 5.65. The zero-order chi connectivity index (χ0) is 26.1. The lowest BCUT2D eigenvalue weighted by molar-refractivity contribution is -0.215. The van der Waals surface area contributed by atoms with Crippen LogP contribution in [0.2, 0.25) is 0 Å². The number of aliphatic hydroxyl groups is 2. The summed E-state index contributed by atoms with van der Waals surface area (Å²) in [6, 6.07) is 2.93. The molecule has 192 valence electrons. The van der Waals surface area contributed by atoms with Gasteiger partial charge in [0, 0.05) is 35.6 Å². The van der Waals surface area contributed by atoms with E-state index in [1.807, 2.05) is 6.08 Å². The second-order valence-corrected chi connectivity index (χ2v) is 11.4. The summed E-state index contributed by atoms with van der Waals surface area (Å²) in [5, 5.41) is 23.3. The first-order valence-corrected chi connectivity index (χ1v) is 12.5. The van der Waals surface area contributed by atoms with Crippen LogP contribution in [0.15, 0.2) is 48.3 Å². The van der Waals surface area contributed by atoms with Crippen LogP contribution in [-0.4, -0.2) is 56.7 Å². The Morgan fingerprint density at radius 3 is 2.61 bits per heavy atom. The first kappa shape index (κ1) is 25.0. The fourth-order valence-electron chi connectivity index (χ4n) is 7.86. The van der Waals surface area contributed by atoms with E-state index in [2.05, 4.69) is 4.98 Å². The molecule has 2 unspecified atom stereocenters. The minimum Gasteiger partial charge on any atom is -0.454 e. The molecule has 7 nitrogen and oxygen atoms in total. The summed E-state index contributed by atoms with van der Waals surface area (Å²) in [6.45, 7) is 4.60. The number of fused-ring (bicyclic) bond motifs is 5. The topological polar surface area (TPSA) is 114 Å². The van der Waals surface area contributed by atoms with Crippen LogP contribution >= 0.6 is 0 Å². The molecule has 8 heteroatoms. The average molecular weight is 498 g/mol. The van der Waals surface area contributed by atoms with Gasteiger partial charge in [-0.3, -0.25) is 14.6 Å². The first-order valence-electron chi connectivity index (χ1n) is 12.5. The molecule has 2 saturated carbocycles. The lowest BCUT2D eigenvalue weighted by atomic mass is 9.45. The van der Waals surface area contributed by atoms with Crippen LogP contribution in [0.3, 0.4) is 0 Å². The van der Waals surface area contributed by atoms with E-state index in [4.69, 9.17) is 4.74 Å². The number of pyridine rings is 1. The van der Waals surface area contributed by atoms with Crippen molar-refractivity contribution < 1.29 is 33.7 Å². The molecule has 8 atom stereocenters. The van der Waals surface area contributed by atoms with Crippen molar-refractivity contribution in [3.05, 3.63) is 53.9 Å². The van der Waals surface area contributed by atoms with Crippen LogP contribution in [-0.2, 0) is 14.3 Å². The minimum absolute atomic E-state index is 0.0910. The molecule has 4 aliphatic rings. The predicted octanol–water partition coefficient (Wildman–Crippen LogP) is 3.16. The second-order valence-electron chi connectivity index (χ2n) is 11.4. The zero-order valence-electron chi connectivity index (χ0n) is 20.7. The van der Waals surface area contributed by atoms with Gasteiger partial charge in [0.25, 0.3) is 0 Å². The zero-order valence-corrected chi connectivity index (χ0v) is 20.7. The Balaban J connectivity index is 1.45. The Bertz CT molecular complexity index is 1180. The van der Waals surface area contributed by atoms with E-state index in [0.717, 1.165) is 0 Å². The van der Waals surface area contributed by atoms with E-state index < -0.39 is 64.3 Å². The van der Waals surface area contributed by atoms with E-state index in [9.17, 15) is 24.6 Å². The van der Waals surface area contributed by atoms with Gasteiger partial charge >= 0.3 is 5.97 Å². The molecule has 1 heterocycles. The third-order valence-electron chi connectivity index (χ3n) is 9.86. The maximum atomic E-state index is 17.2. The average Bonchev–Trinajstić information content (AvgIpc) is 3.05. The highest BCUT2D eigenvalue weighted by atomic mass is 19.1. The summed E-state index contributed by atoms with van der Waals surface area (Å²) < 4.78 is 22.4. The number of nitrogens with zero attached hydrogens (tertiary/aromatic N) is 1. The van der Waals surface area contributed by atoms with E-state index in [1.165, 1.54) is 30.6 Å². The van der Waals surface area contributed by atoms with Crippen molar-refractivity contribution in [2.45, 2.75) is 63.8 Å². The second kappa shape index (κ2) is 8.15. The van der Waals surface area contributed by atoms with Crippen LogP contribution < -0.4 is 0 Å². The monoisotopic (exact) mass is 497 g/mol. The largest absolute Gasteiger partial charge is 0.454 e. The highest BCUT2D eigenvalue weighted by molar-refractivity contribution is 5.95. The number of hydrogen-bond donors (Lipinski definition) is 2. The summed E-state index contributed by atoms with van der Waals surface area (Å²) in [5.74, 6) is -3.03. The number of hydrogen-bond acceptors (Lipinski definition) is 7. The Morgan fingerprint density at radius 2 is 1.92 bits per heavy atom. The molecular weight excluding hydrogens is 465 g/mol. The van der Waals surface area contributed by atoms with Gasteiger partial charge in [-0.05, 0) is 56.2 Å². The maximum absolute atomic E-state index is 17.2. The van der Waals surface area contributed by atoms with E-state index in [1.54, 1.807) is 26.8 Å². The van der Waals surface area contributed by atoms with Crippen LogP contribution in [0.25, 0.3) is 0 Å². The molecule has 2 N–H and O–H groups in total. The molecule has 1 aromatic rings. The van der Waals surface area contributed by atoms with Gasteiger partial charge in [0.15, 0.2) is 18.1 Å². The maximum Gasteiger partial charge on any atom is 0.338 e. The number of carbonyl (C=O) groups excluding carboxylic acids is 3. The Labute approximate surface area is 209 Å². The molecule has 0 aromatic carbocycles. The normalized spacial score (nSPS) is 43.2. The number of alkyl halides is 1. The van der Waals surface area contributed by atoms with Crippen molar-refractivity contribution in [3.63, 3.8) is 0 Å². The van der Waals surface area contributed by atoms with Crippen molar-refractivity contribution in [2.75, 3.05) is 6.61 Å². The number of esters is 1. The summed E-state index contributed by atoms with van der Waals surface area (Å²) in [7, 11) is 0. The number of aliphatic hydroxyl groups excluding tert-OH is 1. The van der Waals surface area contributed by atoms with E-state index in [-0.39, 0.29) is 24.2 Å². The molecule has 5 rings (SSSR count). The molecule has 1 aromatic heterocycles. The minimum atomic E-state index is -2.04. The number of aromatic nitrogens is 1. The van der Waals surface area contributed by atoms with Crippen molar-refractivity contribution in [1.29, 1.82) is 0 Å². The summed E-state index contributed by atoms with van der Waals surface area (Å²) in [4.78, 5) is 41.7. The number of ether oxygens (including phenoxy) is 1. The Hall–Kier alpha value is -2.71. The van der Waals surface area contributed by atoms with Crippen molar-refractivity contribution in [1.82, 2.24) is 4.98 Å². The lowest BCUT2D eigenvalue weighted by Crippen LogP contribution is -2.69. The molecule has 0 saturated heterocycles. The smallest absolute Gasteiger partial charge is 0.338 e. The third-order valence-corrected chi connectivity index (χ3v) is 9.86. The molecule has 0 radical (unpaired) electrons. The number of rotatable bonds is 4. The fraction of sp³-hybridized carbons (Fsp3) is 0.571. The van der Waals surface area contributed by atoms with Crippen molar-refractivity contribution >= 4 is 17.5 Å². The predicted molar refractivity (Wildman–Crippen MR) is 127 cm³/mol. The van der Waals surface area contributed by atoms with Crippen molar-refractivity contribution in [3.8, 4) is 0 Å².